The van der Waals surface area contributed by atoms with Crippen LogP contribution in [-0.4, -0.2) is 59.0 Å². The van der Waals surface area contributed by atoms with Gasteiger partial charge in [-0.1, -0.05) is 88.8 Å². The summed E-state index contributed by atoms with van der Waals surface area (Å²) in [5.41, 5.74) is 5.30. The van der Waals surface area contributed by atoms with Crippen molar-refractivity contribution in [2.24, 2.45) is 5.73 Å². The van der Waals surface area contributed by atoms with Crippen LogP contribution in [0.2, 0.25) is 0 Å². The van der Waals surface area contributed by atoms with E-state index in [1.165, 1.54) is 25.3 Å². The van der Waals surface area contributed by atoms with E-state index in [2.05, 4.69) is 43.5 Å². The average molecular weight is 589 g/mol. The fraction of sp³-hybridized carbons (Fsp3) is 0.767. The number of aliphatic hydroxyl groups is 2. The number of phosphoric acid groups is 1. The van der Waals surface area contributed by atoms with Crippen molar-refractivity contribution in [3.8, 4) is 0 Å². The van der Waals surface area contributed by atoms with Gasteiger partial charge in [0.05, 0.1) is 37.9 Å². The summed E-state index contributed by atoms with van der Waals surface area (Å²) in [4.78, 5) is 22.4. The van der Waals surface area contributed by atoms with Crippen molar-refractivity contribution >= 4 is 13.7 Å². The van der Waals surface area contributed by atoms with Crippen molar-refractivity contribution in [1.82, 2.24) is 5.32 Å². The van der Waals surface area contributed by atoms with Crippen molar-refractivity contribution in [3.63, 3.8) is 0 Å². The van der Waals surface area contributed by atoms with E-state index >= 15 is 0 Å². The Morgan fingerprint density at radius 1 is 0.850 bits per heavy atom. The minimum absolute atomic E-state index is 0.0416. The van der Waals surface area contributed by atoms with Crippen molar-refractivity contribution in [3.05, 3.63) is 36.5 Å². The standard InChI is InChI=1S/C30H57N2O7P/c1-3-5-7-9-11-13-14-15-17-19-21-27(33)25-30(35)32-28(26-39-40(36,37)38-24-23-31)29(34)22-20-18-16-12-10-8-6-4-2/h10-13,20,22,27-29,33-34H,3-9,14-19,21,23-26,31H2,1-2H3,(H,32,35)(H,36,37)/b12-10+,13-11-,22-20+. The molecule has 6 N–H and O–H groups in total. The van der Waals surface area contributed by atoms with Gasteiger partial charge in [0.1, 0.15) is 0 Å². The second-order valence-electron chi connectivity index (χ2n) is 10.1. The third-order valence-corrected chi connectivity index (χ3v) is 7.23. The molecule has 0 rings (SSSR count). The number of carbonyl (C=O) groups is 1. The maximum atomic E-state index is 12.6. The predicted molar refractivity (Wildman–Crippen MR) is 163 cm³/mol. The van der Waals surface area contributed by atoms with Crippen LogP contribution in [0, 0.1) is 0 Å². The Morgan fingerprint density at radius 3 is 2.10 bits per heavy atom. The molecule has 0 saturated carbocycles. The molecule has 0 spiro atoms. The molecule has 0 fully saturated rings. The number of unbranched alkanes of at least 4 members (excludes halogenated alkanes) is 9. The lowest BCUT2D eigenvalue weighted by molar-refractivity contribution is -0.124. The van der Waals surface area contributed by atoms with E-state index in [0.717, 1.165) is 57.8 Å². The molecule has 0 aliphatic rings. The number of carbonyl (C=O) groups excluding carboxylic acids is 1. The van der Waals surface area contributed by atoms with Gasteiger partial charge in [0.2, 0.25) is 5.91 Å². The maximum Gasteiger partial charge on any atom is 0.472 e. The molecule has 0 aliphatic carbocycles. The fourth-order valence-electron chi connectivity index (χ4n) is 3.87. The lowest BCUT2D eigenvalue weighted by Gasteiger charge is -2.24. The number of hydrogen-bond donors (Lipinski definition) is 5. The summed E-state index contributed by atoms with van der Waals surface area (Å²) in [6.45, 7) is 3.77. The number of phosphoric ester groups is 1. The summed E-state index contributed by atoms with van der Waals surface area (Å²) in [6, 6.07) is -0.998. The maximum absolute atomic E-state index is 12.6. The molecule has 234 valence electrons. The minimum atomic E-state index is -4.39. The van der Waals surface area contributed by atoms with E-state index in [4.69, 9.17) is 14.8 Å². The molecule has 4 atom stereocenters. The van der Waals surface area contributed by atoms with Gasteiger partial charge in [-0.15, -0.1) is 0 Å². The fourth-order valence-corrected chi connectivity index (χ4v) is 4.63. The van der Waals surface area contributed by atoms with Crippen LogP contribution >= 0.6 is 7.82 Å². The first-order valence-electron chi connectivity index (χ1n) is 15.2. The summed E-state index contributed by atoms with van der Waals surface area (Å²) in [5, 5.41) is 23.6. The molecular weight excluding hydrogens is 531 g/mol. The highest BCUT2D eigenvalue weighted by molar-refractivity contribution is 7.47. The van der Waals surface area contributed by atoms with Gasteiger partial charge in [0.25, 0.3) is 0 Å². The highest BCUT2D eigenvalue weighted by atomic mass is 31.2. The molecule has 0 radical (unpaired) electrons. The molecule has 0 aromatic rings. The van der Waals surface area contributed by atoms with Crippen LogP contribution in [0.15, 0.2) is 36.5 Å². The van der Waals surface area contributed by atoms with Gasteiger partial charge >= 0.3 is 7.82 Å². The van der Waals surface area contributed by atoms with Crippen molar-refractivity contribution in [2.45, 2.75) is 128 Å². The molecule has 0 saturated heterocycles. The van der Waals surface area contributed by atoms with Gasteiger partial charge in [-0.25, -0.2) is 4.57 Å². The van der Waals surface area contributed by atoms with E-state index in [1.54, 1.807) is 6.08 Å². The van der Waals surface area contributed by atoms with Gasteiger partial charge in [-0.3, -0.25) is 13.8 Å². The second kappa shape index (κ2) is 26.6. The number of rotatable bonds is 27. The van der Waals surface area contributed by atoms with Crippen LogP contribution < -0.4 is 11.1 Å². The van der Waals surface area contributed by atoms with E-state index in [1.807, 2.05) is 0 Å². The summed E-state index contributed by atoms with van der Waals surface area (Å²) in [6.07, 6.45) is 24.0. The number of hydrogen-bond acceptors (Lipinski definition) is 7. The molecule has 0 aliphatic heterocycles. The number of nitrogens with two attached hydrogens (primary N) is 1. The molecule has 0 aromatic carbocycles. The summed E-state index contributed by atoms with van der Waals surface area (Å²) in [7, 11) is -4.39. The normalized spacial score (nSPS) is 16.1. The zero-order valence-corrected chi connectivity index (χ0v) is 25.8. The summed E-state index contributed by atoms with van der Waals surface area (Å²) in [5.74, 6) is -0.474. The Morgan fingerprint density at radius 2 is 1.45 bits per heavy atom. The first-order chi connectivity index (χ1) is 19.3. The van der Waals surface area contributed by atoms with Gasteiger partial charge < -0.3 is 26.2 Å². The molecule has 0 bridgehead atoms. The first kappa shape index (κ1) is 38.7. The number of allylic oxidation sites excluding steroid dienone is 5. The van der Waals surface area contributed by atoms with Crippen LogP contribution in [-0.2, 0) is 18.4 Å². The highest BCUT2D eigenvalue weighted by Crippen LogP contribution is 2.43. The van der Waals surface area contributed by atoms with E-state index in [-0.39, 0.29) is 19.6 Å². The van der Waals surface area contributed by atoms with Crippen LogP contribution in [0.25, 0.3) is 0 Å². The molecule has 0 heterocycles. The van der Waals surface area contributed by atoms with E-state index in [9.17, 15) is 24.5 Å². The topological polar surface area (TPSA) is 151 Å². The van der Waals surface area contributed by atoms with Crippen molar-refractivity contribution < 1.29 is 33.5 Å². The largest absolute Gasteiger partial charge is 0.472 e. The molecular formula is C30H57N2O7P. The Hall–Kier alpha value is -1.32. The Kier molecular flexibility index (Phi) is 25.7. The molecule has 9 nitrogen and oxygen atoms in total. The molecule has 0 aromatic heterocycles. The lowest BCUT2D eigenvalue weighted by atomic mass is 10.1. The molecule has 4 unspecified atom stereocenters. The first-order valence-corrected chi connectivity index (χ1v) is 16.7. The number of aliphatic hydroxyl groups excluding tert-OH is 2. The zero-order valence-electron chi connectivity index (χ0n) is 24.9. The third-order valence-electron chi connectivity index (χ3n) is 6.24. The Balaban J connectivity index is 4.65. The van der Waals surface area contributed by atoms with Gasteiger partial charge in [-0.2, -0.15) is 0 Å². The summed E-state index contributed by atoms with van der Waals surface area (Å²) >= 11 is 0. The molecule has 10 heteroatoms. The summed E-state index contributed by atoms with van der Waals surface area (Å²) < 4.78 is 21.8. The SMILES string of the molecule is CCCC/C=C/CC/C=C/C(O)C(COP(=O)(O)OCCN)NC(=O)CC(O)CCCCC/C=C\CCCCC. The van der Waals surface area contributed by atoms with Crippen molar-refractivity contribution in [1.29, 1.82) is 0 Å². The van der Waals surface area contributed by atoms with Crippen LogP contribution in [0.1, 0.15) is 110 Å². The smallest absolute Gasteiger partial charge is 0.393 e. The second-order valence-corrected chi connectivity index (χ2v) is 11.6. The predicted octanol–water partition coefficient (Wildman–Crippen LogP) is 5.85. The van der Waals surface area contributed by atoms with Crippen LogP contribution in [0.5, 0.6) is 0 Å². The van der Waals surface area contributed by atoms with Crippen LogP contribution in [0.3, 0.4) is 0 Å². The molecule has 40 heavy (non-hydrogen) atoms. The van der Waals surface area contributed by atoms with E-state index in [0.29, 0.717) is 12.8 Å². The Labute approximate surface area is 242 Å². The van der Waals surface area contributed by atoms with E-state index < -0.39 is 38.6 Å². The third kappa shape index (κ3) is 24.5. The highest BCUT2D eigenvalue weighted by Gasteiger charge is 2.27. The number of amides is 1. The quantitative estimate of drug-likeness (QED) is 0.0456. The Bertz CT molecular complexity index is 746. The van der Waals surface area contributed by atoms with Gasteiger partial charge in [-0.05, 0) is 51.4 Å². The monoisotopic (exact) mass is 588 g/mol. The van der Waals surface area contributed by atoms with Crippen molar-refractivity contribution in [2.75, 3.05) is 19.8 Å². The minimum Gasteiger partial charge on any atom is -0.393 e. The number of nitrogens with one attached hydrogen (secondary N) is 1. The molecule has 1 amide bonds. The van der Waals surface area contributed by atoms with Gasteiger partial charge in [0.15, 0.2) is 0 Å². The van der Waals surface area contributed by atoms with Crippen LogP contribution in [0.4, 0.5) is 0 Å². The lowest BCUT2D eigenvalue weighted by Crippen LogP contribution is -2.46. The zero-order chi connectivity index (χ0) is 29.9. The average Bonchev–Trinajstić information content (AvgIpc) is 2.92. The van der Waals surface area contributed by atoms with Gasteiger partial charge in [0, 0.05) is 6.54 Å².